The molecule has 0 spiro atoms. The zero-order valence-corrected chi connectivity index (χ0v) is 20.4. The minimum Gasteiger partial charge on any atom is -0.385 e. The summed E-state index contributed by atoms with van der Waals surface area (Å²) in [5, 5.41) is 12.3. The highest BCUT2D eigenvalue weighted by atomic mass is 32.2. The first-order chi connectivity index (χ1) is 16.8. The van der Waals surface area contributed by atoms with Crippen LogP contribution < -0.4 is 0 Å². The fourth-order valence-corrected chi connectivity index (χ4v) is 5.96. The average Bonchev–Trinajstić information content (AvgIpc) is 2.88. The number of benzene rings is 2. The van der Waals surface area contributed by atoms with E-state index in [0.717, 1.165) is 10.9 Å². The number of piperidine rings is 1. The van der Waals surface area contributed by atoms with E-state index in [1.807, 2.05) is 18.2 Å². The zero-order valence-electron chi connectivity index (χ0n) is 19.6. The molecule has 1 aliphatic heterocycles. The maximum Gasteiger partial charge on any atom is 0.243 e. The number of nitrogens with zero attached hydrogens (tertiary/aromatic N) is 3. The van der Waals surface area contributed by atoms with Gasteiger partial charge in [0.15, 0.2) is 6.29 Å². The van der Waals surface area contributed by atoms with Crippen molar-refractivity contribution in [3.05, 3.63) is 72.1 Å². The number of likely N-dealkylation sites (tertiary alicyclic amines) is 1. The Kier molecular flexibility index (Phi) is 7.30. The van der Waals surface area contributed by atoms with Gasteiger partial charge in [-0.25, -0.2) is 12.7 Å². The van der Waals surface area contributed by atoms with Gasteiger partial charge in [0.2, 0.25) is 15.9 Å². The second-order valence-corrected chi connectivity index (χ2v) is 10.9. The SMILES string of the molecule is CN(CCCC(=O)N1CCC(O)(c2cccnc2)CC1)S(=O)(=O)c1ccc2ccccc2c1C=O. The van der Waals surface area contributed by atoms with Crippen LogP contribution >= 0.6 is 0 Å². The molecule has 184 valence electrons. The first-order valence-corrected chi connectivity index (χ1v) is 13.0. The number of fused-ring (bicyclic) bond motifs is 1. The van der Waals surface area contributed by atoms with Gasteiger partial charge in [0.05, 0.1) is 10.5 Å². The number of rotatable bonds is 8. The molecule has 3 aromatic rings. The molecule has 0 saturated carbocycles. The summed E-state index contributed by atoms with van der Waals surface area (Å²) in [5.41, 5.74) is -0.0991. The normalized spacial score (nSPS) is 15.9. The van der Waals surface area contributed by atoms with Gasteiger partial charge in [-0.1, -0.05) is 36.4 Å². The first-order valence-electron chi connectivity index (χ1n) is 11.6. The third-order valence-corrected chi connectivity index (χ3v) is 8.66. The largest absolute Gasteiger partial charge is 0.385 e. The molecule has 4 rings (SSSR count). The van der Waals surface area contributed by atoms with Crippen LogP contribution in [0.3, 0.4) is 0 Å². The van der Waals surface area contributed by atoms with Crippen molar-refractivity contribution in [3.63, 3.8) is 0 Å². The van der Waals surface area contributed by atoms with Crippen LogP contribution in [-0.4, -0.2) is 66.6 Å². The minimum absolute atomic E-state index is 0.0363. The summed E-state index contributed by atoms with van der Waals surface area (Å²) in [6, 6.07) is 13.9. The van der Waals surface area contributed by atoms with E-state index in [2.05, 4.69) is 4.98 Å². The molecule has 35 heavy (non-hydrogen) atoms. The third kappa shape index (κ3) is 5.12. The lowest BCUT2D eigenvalue weighted by molar-refractivity contribution is -0.135. The molecule has 0 unspecified atom stereocenters. The van der Waals surface area contributed by atoms with Crippen molar-refractivity contribution >= 4 is 33.0 Å². The Morgan fingerprint density at radius 2 is 1.89 bits per heavy atom. The van der Waals surface area contributed by atoms with Crippen molar-refractivity contribution in [3.8, 4) is 0 Å². The van der Waals surface area contributed by atoms with Crippen molar-refractivity contribution in [2.45, 2.75) is 36.2 Å². The number of carbonyl (C=O) groups is 2. The van der Waals surface area contributed by atoms with Crippen LogP contribution in [0, 0.1) is 0 Å². The Morgan fingerprint density at radius 3 is 2.57 bits per heavy atom. The van der Waals surface area contributed by atoms with Crippen molar-refractivity contribution in [1.82, 2.24) is 14.2 Å². The molecule has 9 heteroatoms. The summed E-state index contributed by atoms with van der Waals surface area (Å²) in [6.07, 6.45) is 5.28. The number of aromatic nitrogens is 1. The first kappa shape index (κ1) is 25.0. The van der Waals surface area contributed by atoms with Crippen LogP contribution in [0.2, 0.25) is 0 Å². The molecule has 0 radical (unpaired) electrons. The number of carbonyl (C=O) groups excluding carboxylic acids is 2. The van der Waals surface area contributed by atoms with Gasteiger partial charge in [-0.05, 0) is 42.2 Å². The highest BCUT2D eigenvalue weighted by Crippen LogP contribution is 2.32. The second-order valence-electron chi connectivity index (χ2n) is 8.90. The maximum absolute atomic E-state index is 13.2. The van der Waals surface area contributed by atoms with E-state index in [9.17, 15) is 23.1 Å². The maximum atomic E-state index is 13.2. The highest BCUT2D eigenvalue weighted by Gasteiger charge is 2.35. The number of amides is 1. The van der Waals surface area contributed by atoms with Gasteiger partial charge in [-0.15, -0.1) is 0 Å². The lowest BCUT2D eigenvalue weighted by atomic mass is 9.85. The van der Waals surface area contributed by atoms with Crippen LogP contribution in [0.15, 0.2) is 65.8 Å². The molecule has 1 aliphatic rings. The molecule has 1 fully saturated rings. The lowest BCUT2D eigenvalue weighted by Gasteiger charge is -2.38. The average molecular weight is 496 g/mol. The highest BCUT2D eigenvalue weighted by molar-refractivity contribution is 7.89. The molecule has 1 saturated heterocycles. The van der Waals surface area contributed by atoms with Gasteiger partial charge in [-0.2, -0.15) is 0 Å². The molecule has 2 heterocycles. The minimum atomic E-state index is -3.90. The van der Waals surface area contributed by atoms with E-state index in [1.54, 1.807) is 41.6 Å². The van der Waals surface area contributed by atoms with Crippen LogP contribution in [0.5, 0.6) is 0 Å². The molecule has 0 atom stereocenters. The van der Waals surface area contributed by atoms with E-state index in [-0.39, 0.29) is 29.3 Å². The summed E-state index contributed by atoms with van der Waals surface area (Å²) in [5.74, 6) is -0.0664. The Hall–Kier alpha value is -3.14. The van der Waals surface area contributed by atoms with E-state index in [1.165, 1.54) is 17.4 Å². The number of aliphatic hydroxyl groups is 1. The molecule has 8 nitrogen and oxygen atoms in total. The number of pyridine rings is 1. The summed E-state index contributed by atoms with van der Waals surface area (Å²) < 4.78 is 27.5. The fraction of sp³-hybridized carbons (Fsp3) is 0.346. The fourth-order valence-electron chi connectivity index (χ4n) is 4.57. The molecule has 0 aliphatic carbocycles. The van der Waals surface area contributed by atoms with E-state index in [0.29, 0.717) is 44.0 Å². The molecular formula is C26H29N3O5S. The lowest BCUT2D eigenvalue weighted by Crippen LogP contribution is -2.45. The van der Waals surface area contributed by atoms with Crippen LogP contribution in [0.1, 0.15) is 41.6 Å². The Balaban J connectivity index is 1.34. The van der Waals surface area contributed by atoms with Gasteiger partial charge in [0.1, 0.15) is 0 Å². The molecule has 0 bridgehead atoms. The van der Waals surface area contributed by atoms with Crippen LogP contribution in [0.4, 0.5) is 0 Å². The topological polar surface area (TPSA) is 108 Å². The summed E-state index contributed by atoms with van der Waals surface area (Å²) >= 11 is 0. The Morgan fingerprint density at radius 1 is 1.14 bits per heavy atom. The molecule has 2 aromatic carbocycles. The van der Waals surface area contributed by atoms with Gasteiger partial charge in [0, 0.05) is 56.6 Å². The second kappa shape index (κ2) is 10.2. The third-order valence-electron chi connectivity index (χ3n) is 6.74. The summed E-state index contributed by atoms with van der Waals surface area (Å²) in [6.45, 7) is 1.00. The van der Waals surface area contributed by atoms with Gasteiger partial charge >= 0.3 is 0 Å². The smallest absolute Gasteiger partial charge is 0.243 e. The number of hydrogen-bond acceptors (Lipinski definition) is 6. The molecule has 1 N–H and O–H groups in total. The predicted octanol–water partition coefficient (Wildman–Crippen LogP) is 2.96. The van der Waals surface area contributed by atoms with Crippen molar-refractivity contribution < 1.29 is 23.1 Å². The van der Waals surface area contributed by atoms with Crippen LogP contribution in [-0.2, 0) is 20.4 Å². The Labute approximate surface area is 205 Å². The number of aldehydes is 1. The monoisotopic (exact) mass is 495 g/mol. The number of sulfonamides is 1. The number of hydrogen-bond donors (Lipinski definition) is 1. The van der Waals surface area contributed by atoms with Crippen molar-refractivity contribution in [2.24, 2.45) is 0 Å². The van der Waals surface area contributed by atoms with E-state index < -0.39 is 15.6 Å². The quantitative estimate of drug-likeness (QED) is 0.482. The standard InChI is InChI=1S/C26H29N3O5S/c1-28(35(33,34)24-11-10-20-6-2-3-8-22(20)23(24)19-30)15-5-9-25(31)29-16-12-26(32,13-17-29)21-7-4-14-27-18-21/h2-4,6-8,10-11,14,18-19,32H,5,9,12-13,15-17H2,1H3. The van der Waals surface area contributed by atoms with Gasteiger partial charge in [0.25, 0.3) is 0 Å². The van der Waals surface area contributed by atoms with E-state index in [4.69, 9.17) is 0 Å². The van der Waals surface area contributed by atoms with Crippen LogP contribution in [0.25, 0.3) is 10.8 Å². The van der Waals surface area contributed by atoms with Gasteiger partial charge in [-0.3, -0.25) is 14.6 Å². The summed E-state index contributed by atoms with van der Waals surface area (Å²) in [7, 11) is -2.45. The Bertz CT molecular complexity index is 1320. The summed E-state index contributed by atoms with van der Waals surface area (Å²) in [4.78, 5) is 30.2. The zero-order chi connectivity index (χ0) is 25.1. The van der Waals surface area contributed by atoms with Crippen molar-refractivity contribution in [1.29, 1.82) is 0 Å². The molecule has 1 amide bonds. The van der Waals surface area contributed by atoms with Crippen molar-refractivity contribution in [2.75, 3.05) is 26.7 Å². The molecular weight excluding hydrogens is 466 g/mol. The molecule has 1 aromatic heterocycles. The van der Waals surface area contributed by atoms with E-state index >= 15 is 0 Å². The predicted molar refractivity (Wildman–Crippen MR) is 132 cm³/mol. The van der Waals surface area contributed by atoms with Gasteiger partial charge < -0.3 is 10.0 Å².